The van der Waals surface area contributed by atoms with Gasteiger partial charge in [-0.05, 0) is 13.8 Å². The number of hydrogen-bond donors (Lipinski definition) is 1. The van der Waals surface area contributed by atoms with E-state index >= 15 is 0 Å². The van der Waals surface area contributed by atoms with Gasteiger partial charge in [-0.25, -0.2) is 4.98 Å². The van der Waals surface area contributed by atoms with E-state index in [9.17, 15) is 4.79 Å². The van der Waals surface area contributed by atoms with Crippen molar-refractivity contribution in [3.63, 3.8) is 0 Å². The van der Waals surface area contributed by atoms with E-state index in [1.54, 1.807) is 0 Å². The first-order chi connectivity index (χ1) is 13.0. The highest BCUT2D eigenvalue weighted by Gasteiger charge is 2.16. The highest BCUT2D eigenvalue weighted by molar-refractivity contribution is 7.99. The summed E-state index contributed by atoms with van der Waals surface area (Å²) in [5.74, 6) is 1.43. The first-order valence-corrected chi connectivity index (χ1v) is 10.7. The van der Waals surface area contributed by atoms with Crippen LogP contribution in [0.2, 0.25) is 0 Å². The summed E-state index contributed by atoms with van der Waals surface area (Å²) in [6.07, 6.45) is 0. The molecule has 0 aliphatic heterocycles. The molecule has 2 aromatic heterocycles. The minimum Gasteiger partial charge on any atom is -0.306 e. The van der Waals surface area contributed by atoms with Gasteiger partial charge >= 0.3 is 0 Å². The van der Waals surface area contributed by atoms with Crippen LogP contribution in [0, 0.1) is 6.92 Å². The summed E-state index contributed by atoms with van der Waals surface area (Å²) in [6, 6.07) is 8.18. The predicted octanol–water partition coefficient (Wildman–Crippen LogP) is 4.58. The lowest BCUT2D eigenvalue weighted by atomic mass is 10.1. The summed E-state index contributed by atoms with van der Waals surface area (Å²) in [5, 5.41) is 14.7. The number of nitrogens with zero attached hydrogens (tertiary/aromatic N) is 4. The average Bonchev–Trinajstić information content (AvgIpc) is 3.27. The molecule has 2 heterocycles. The van der Waals surface area contributed by atoms with Crippen LogP contribution in [0.15, 0.2) is 34.8 Å². The van der Waals surface area contributed by atoms with E-state index in [-0.39, 0.29) is 11.7 Å². The molecule has 142 valence electrons. The van der Waals surface area contributed by atoms with Crippen molar-refractivity contribution in [2.75, 3.05) is 11.1 Å². The highest BCUT2D eigenvalue weighted by atomic mass is 32.2. The molecule has 1 N–H and O–H groups in total. The summed E-state index contributed by atoms with van der Waals surface area (Å²) in [7, 11) is 0. The van der Waals surface area contributed by atoms with E-state index in [1.807, 2.05) is 17.5 Å². The second-order valence-corrected chi connectivity index (χ2v) is 8.28. The third-order valence-electron chi connectivity index (χ3n) is 4.01. The normalized spacial score (nSPS) is 11.1. The van der Waals surface area contributed by atoms with Gasteiger partial charge in [-0.2, -0.15) is 0 Å². The quantitative estimate of drug-likeness (QED) is 0.587. The number of thioether (sulfide) groups is 1. The standard InChI is InChI=1S/C19H23N5OS2/c1-5-24-17(12(2)3)22-23-19(24)27-11-16(25)21-18-20-15(10-26-18)14-8-6-13(4)7-9-14/h6-10,12H,5,11H2,1-4H3,(H,20,21,25). The van der Waals surface area contributed by atoms with Gasteiger partial charge in [-0.1, -0.05) is 55.4 Å². The Hall–Kier alpha value is -2.19. The molecule has 0 bridgehead atoms. The number of carbonyl (C=O) groups excluding carboxylic acids is 1. The second kappa shape index (κ2) is 8.67. The van der Waals surface area contributed by atoms with Crippen LogP contribution < -0.4 is 5.32 Å². The zero-order valence-electron chi connectivity index (χ0n) is 15.9. The Morgan fingerprint density at radius 2 is 2.00 bits per heavy atom. The van der Waals surface area contributed by atoms with Crippen molar-refractivity contribution < 1.29 is 4.79 Å². The van der Waals surface area contributed by atoms with Crippen LogP contribution in [-0.2, 0) is 11.3 Å². The number of anilines is 1. The van der Waals surface area contributed by atoms with E-state index in [2.05, 4.69) is 64.9 Å². The van der Waals surface area contributed by atoms with Gasteiger partial charge in [0.2, 0.25) is 5.91 Å². The van der Waals surface area contributed by atoms with E-state index in [4.69, 9.17) is 0 Å². The summed E-state index contributed by atoms with van der Waals surface area (Å²) < 4.78 is 2.06. The van der Waals surface area contributed by atoms with E-state index < -0.39 is 0 Å². The number of hydrogen-bond acceptors (Lipinski definition) is 6. The molecule has 27 heavy (non-hydrogen) atoms. The predicted molar refractivity (Wildman–Crippen MR) is 111 cm³/mol. The molecule has 1 amide bonds. The molecule has 0 fully saturated rings. The number of rotatable bonds is 7. The Morgan fingerprint density at radius 3 is 2.67 bits per heavy atom. The van der Waals surface area contributed by atoms with Gasteiger partial charge in [0.1, 0.15) is 5.82 Å². The van der Waals surface area contributed by atoms with Gasteiger partial charge in [0.15, 0.2) is 10.3 Å². The maximum atomic E-state index is 12.3. The zero-order chi connectivity index (χ0) is 19.4. The van der Waals surface area contributed by atoms with Crippen molar-refractivity contribution in [3.8, 4) is 11.3 Å². The molecule has 6 nitrogen and oxygen atoms in total. The smallest absolute Gasteiger partial charge is 0.236 e. The topological polar surface area (TPSA) is 72.7 Å². The molecule has 0 radical (unpaired) electrons. The van der Waals surface area contributed by atoms with Crippen LogP contribution in [0.25, 0.3) is 11.3 Å². The second-order valence-electron chi connectivity index (χ2n) is 6.48. The Morgan fingerprint density at radius 1 is 1.26 bits per heavy atom. The van der Waals surface area contributed by atoms with Crippen molar-refractivity contribution in [1.82, 2.24) is 19.7 Å². The van der Waals surface area contributed by atoms with Crippen LogP contribution >= 0.6 is 23.1 Å². The third kappa shape index (κ3) is 4.75. The number of thiazole rings is 1. The molecule has 0 unspecified atom stereocenters. The molecule has 1 aromatic carbocycles. The minimum atomic E-state index is -0.0958. The number of nitrogens with one attached hydrogen (secondary N) is 1. The summed E-state index contributed by atoms with van der Waals surface area (Å²) in [4.78, 5) is 16.8. The molecular formula is C19H23N5OS2. The van der Waals surface area contributed by atoms with Gasteiger partial charge in [0.25, 0.3) is 0 Å². The number of carbonyl (C=O) groups is 1. The first kappa shape index (κ1) is 19.6. The summed E-state index contributed by atoms with van der Waals surface area (Å²) >= 11 is 2.82. The van der Waals surface area contributed by atoms with Crippen molar-refractivity contribution >= 4 is 34.1 Å². The first-order valence-electron chi connectivity index (χ1n) is 8.86. The van der Waals surface area contributed by atoms with Gasteiger partial charge in [0.05, 0.1) is 11.4 Å². The van der Waals surface area contributed by atoms with Crippen molar-refractivity contribution in [3.05, 3.63) is 41.0 Å². The Kier molecular flexibility index (Phi) is 6.28. The van der Waals surface area contributed by atoms with Crippen LogP contribution in [0.5, 0.6) is 0 Å². The lowest BCUT2D eigenvalue weighted by Gasteiger charge is -2.08. The van der Waals surface area contributed by atoms with Gasteiger partial charge in [0, 0.05) is 23.4 Å². The van der Waals surface area contributed by atoms with Crippen molar-refractivity contribution in [2.45, 2.75) is 45.3 Å². The van der Waals surface area contributed by atoms with Crippen LogP contribution in [-0.4, -0.2) is 31.4 Å². The summed E-state index contributed by atoms with van der Waals surface area (Å²) in [6.45, 7) is 9.08. The largest absolute Gasteiger partial charge is 0.306 e. The number of aryl methyl sites for hydroxylation is 1. The minimum absolute atomic E-state index is 0.0958. The third-order valence-corrected chi connectivity index (χ3v) is 5.73. The molecule has 8 heteroatoms. The monoisotopic (exact) mass is 401 g/mol. The molecule has 0 spiro atoms. The highest BCUT2D eigenvalue weighted by Crippen LogP contribution is 2.26. The van der Waals surface area contributed by atoms with E-state index in [1.165, 1.54) is 28.7 Å². The summed E-state index contributed by atoms with van der Waals surface area (Å²) in [5.41, 5.74) is 3.12. The molecule has 3 aromatic rings. The number of aromatic nitrogens is 4. The molecule has 0 atom stereocenters. The number of benzene rings is 1. The zero-order valence-corrected chi connectivity index (χ0v) is 17.5. The van der Waals surface area contributed by atoms with E-state index in [0.29, 0.717) is 11.0 Å². The number of amides is 1. The lowest BCUT2D eigenvalue weighted by Crippen LogP contribution is -2.14. The van der Waals surface area contributed by atoms with Crippen molar-refractivity contribution in [2.24, 2.45) is 0 Å². The Labute approximate surface area is 167 Å². The van der Waals surface area contributed by atoms with Gasteiger partial charge < -0.3 is 9.88 Å². The maximum Gasteiger partial charge on any atom is 0.236 e. The molecular weight excluding hydrogens is 378 g/mol. The SMILES string of the molecule is CCn1c(SCC(=O)Nc2nc(-c3ccc(C)cc3)cs2)nnc1C(C)C. The van der Waals surface area contributed by atoms with Gasteiger partial charge in [-0.15, -0.1) is 21.5 Å². The fourth-order valence-corrected chi connectivity index (χ4v) is 4.15. The van der Waals surface area contributed by atoms with E-state index in [0.717, 1.165) is 28.8 Å². The molecule has 0 saturated carbocycles. The maximum absolute atomic E-state index is 12.3. The molecule has 0 saturated heterocycles. The van der Waals surface area contributed by atoms with Crippen LogP contribution in [0.3, 0.4) is 0 Å². The average molecular weight is 402 g/mol. The van der Waals surface area contributed by atoms with Crippen molar-refractivity contribution in [1.29, 1.82) is 0 Å². The fourth-order valence-electron chi connectivity index (χ4n) is 2.60. The fraction of sp³-hybridized carbons (Fsp3) is 0.368. The Balaban J connectivity index is 1.60. The van der Waals surface area contributed by atoms with Gasteiger partial charge in [-0.3, -0.25) is 4.79 Å². The Bertz CT molecular complexity index is 915. The van der Waals surface area contributed by atoms with Crippen LogP contribution in [0.4, 0.5) is 5.13 Å². The van der Waals surface area contributed by atoms with Crippen LogP contribution in [0.1, 0.15) is 38.1 Å². The molecule has 3 rings (SSSR count). The molecule has 0 aliphatic rings. The molecule has 0 aliphatic carbocycles. The lowest BCUT2D eigenvalue weighted by molar-refractivity contribution is -0.113.